The van der Waals surface area contributed by atoms with Crippen LogP contribution in [-0.2, 0) is 45.0 Å². The molecule has 0 aromatic carbocycles. The molecule has 0 aromatic rings. The first-order chi connectivity index (χ1) is 14.2. The molecule has 0 aromatic heterocycles. The van der Waals surface area contributed by atoms with Crippen LogP contribution in [0.15, 0.2) is 45.3 Å². The summed E-state index contributed by atoms with van der Waals surface area (Å²) in [6.45, 7) is 18.1. The zero-order valence-electron chi connectivity index (χ0n) is 21.9. The summed E-state index contributed by atoms with van der Waals surface area (Å²) in [5.74, 6) is 0.120. The number of carbonyl (C=O) groups is 4. The molecule has 0 aliphatic heterocycles. The van der Waals surface area contributed by atoms with Crippen molar-refractivity contribution in [1.29, 1.82) is 0 Å². The van der Waals surface area contributed by atoms with Gasteiger partial charge in [0.15, 0.2) is 23.1 Å². The van der Waals surface area contributed by atoms with E-state index in [-0.39, 0.29) is 72.0 Å². The first kappa shape index (κ1) is 41.0. The molecule has 4 N–H and O–H groups in total. The van der Waals surface area contributed by atoms with Crippen molar-refractivity contribution in [1.82, 2.24) is 0 Å². The average molecular weight is 635 g/mol. The van der Waals surface area contributed by atoms with E-state index in [0.29, 0.717) is 22.3 Å². The molecule has 9 heteroatoms. The second-order valence-corrected chi connectivity index (χ2v) is 7.07. The quantitative estimate of drug-likeness (QED) is 0.175. The molecule has 0 fully saturated rings. The molecule has 0 spiro atoms. The van der Waals surface area contributed by atoms with E-state index < -0.39 is 0 Å². The van der Waals surface area contributed by atoms with Gasteiger partial charge in [-0.25, -0.2) is 0 Å². The van der Waals surface area contributed by atoms with E-state index >= 15 is 0 Å². The Labute approximate surface area is 216 Å². The van der Waals surface area contributed by atoms with Gasteiger partial charge in [-0.1, -0.05) is 0 Å². The van der Waals surface area contributed by atoms with Crippen LogP contribution in [0.1, 0.15) is 83.1 Å². The van der Waals surface area contributed by atoms with Crippen molar-refractivity contribution in [3.8, 4) is 0 Å². The Morgan fingerprint density at radius 3 is 0.424 bits per heavy atom. The van der Waals surface area contributed by atoms with Crippen LogP contribution in [0, 0.1) is 0 Å². The van der Waals surface area contributed by atoms with Crippen LogP contribution in [0.25, 0.3) is 0 Å². The first-order valence-corrected chi connectivity index (χ1v) is 9.71. The van der Waals surface area contributed by atoms with E-state index in [1.807, 2.05) is 0 Å². The van der Waals surface area contributed by atoms with Gasteiger partial charge < -0.3 is 20.4 Å². The molecule has 0 heterocycles. The number of aliphatic hydroxyl groups excluding tert-OH is 4. The number of carbonyl (C=O) groups excluding carboxylic acids is 4. The molecule has 0 unspecified atom stereocenters. The summed E-state index contributed by atoms with van der Waals surface area (Å²) in [4.78, 5) is 41.5. The molecule has 0 aliphatic carbocycles. The monoisotopic (exact) mass is 636 g/mol. The molecule has 188 valence electrons. The fourth-order valence-corrected chi connectivity index (χ4v) is 1.02. The smallest absolute Gasteiger partial charge is 0.158 e. The van der Waals surface area contributed by atoms with Crippen LogP contribution in [-0.4, -0.2) is 43.6 Å². The fraction of sp³-hybridized carbons (Fsp3) is 0.500. The van der Waals surface area contributed by atoms with Gasteiger partial charge >= 0.3 is 0 Å². The van der Waals surface area contributed by atoms with Crippen LogP contribution in [0.2, 0.25) is 0 Å². The first-order valence-electron chi connectivity index (χ1n) is 9.71. The molecule has 8 nitrogen and oxygen atoms in total. The predicted octanol–water partition coefficient (Wildman–Crippen LogP) is 5.71. The Hall–Kier alpha value is -2.29. The number of rotatable bonds is 4. The van der Waals surface area contributed by atoms with E-state index in [9.17, 15) is 19.2 Å². The third-order valence-electron chi connectivity index (χ3n) is 4.28. The minimum Gasteiger partial charge on any atom is -0.512 e. The summed E-state index contributed by atoms with van der Waals surface area (Å²) >= 11 is 0. The van der Waals surface area contributed by atoms with Gasteiger partial charge in [0.25, 0.3) is 0 Å². The van der Waals surface area contributed by atoms with Crippen LogP contribution in [0.5, 0.6) is 0 Å². The molecule has 33 heavy (non-hydrogen) atoms. The van der Waals surface area contributed by atoms with Crippen molar-refractivity contribution >= 4 is 23.1 Å². The molecule has 0 radical (unpaired) electrons. The SMILES string of the molecule is CC(=O)/C(C)=C(/C)O.CC(=O)/C(C)=C(/C)O.CC(=O)/C(C)=C(/C)O.CC(=O)/C(C)=C(/C)O.[Hf]. The summed E-state index contributed by atoms with van der Waals surface area (Å²) in [5.41, 5.74) is 1.74. The van der Waals surface area contributed by atoms with Crippen molar-refractivity contribution in [3.05, 3.63) is 45.3 Å². The molecule has 0 bridgehead atoms. The van der Waals surface area contributed by atoms with Gasteiger partial charge in [0.1, 0.15) is 0 Å². The average Bonchev–Trinajstić information content (AvgIpc) is 2.65. The van der Waals surface area contributed by atoms with E-state index in [2.05, 4.69) is 0 Å². The van der Waals surface area contributed by atoms with Gasteiger partial charge in [-0.2, -0.15) is 0 Å². The van der Waals surface area contributed by atoms with Crippen molar-refractivity contribution in [2.24, 2.45) is 0 Å². The Morgan fingerprint density at radius 1 is 0.333 bits per heavy atom. The number of Topliss-reactive ketones (excluding diaryl/α,β-unsaturated/α-hetero) is 4. The molecule has 0 saturated carbocycles. The van der Waals surface area contributed by atoms with Crippen molar-refractivity contribution < 1.29 is 65.4 Å². The van der Waals surface area contributed by atoms with Gasteiger partial charge in [0, 0.05) is 48.1 Å². The molecular weight excluding hydrogens is 595 g/mol. The number of aliphatic hydroxyl groups is 4. The van der Waals surface area contributed by atoms with E-state index in [1.165, 1.54) is 55.4 Å². The summed E-state index contributed by atoms with van der Waals surface area (Å²) in [6, 6.07) is 0. The fourth-order valence-electron chi connectivity index (χ4n) is 1.02. The van der Waals surface area contributed by atoms with Crippen LogP contribution in [0.3, 0.4) is 0 Å². The normalized spacial score (nSPS) is 12.5. The zero-order valence-corrected chi connectivity index (χ0v) is 25.5. The second kappa shape index (κ2) is 21.6. The van der Waals surface area contributed by atoms with E-state index in [4.69, 9.17) is 20.4 Å². The van der Waals surface area contributed by atoms with Crippen LogP contribution in [0.4, 0.5) is 0 Å². The van der Waals surface area contributed by atoms with Gasteiger partial charge in [-0.3, -0.25) is 19.2 Å². The summed E-state index contributed by atoms with van der Waals surface area (Å²) in [5, 5.41) is 34.6. The minimum atomic E-state index is -0.0787. The summed E-state index contributed by atoms with van der Waals surface area (Å²) in [7, 11) is 0. The molecule has 0 aliphatic rings. The maximum Gasteiger partial charge on any atom is 0.158 e. The minimum absolute atomic E-state index is 0. The standard InChI is InChI=1S/4C6H10O2.Hf/c4*1-4(5(2)7)6(3)8;/h4*7H,1-3H3;/b4*5-4-;. The zero-order chi connectivity index (χ0) is 26.9. The van der Waals surface area contributed by atoms with Crippen LogP contribution >= 0.6 is 0 Å². The third kappa shape index (κ3) is 25.8. The molecular formula is C24H40HfO8. The largest absolute Gasteiger partial charge is 0.512 e. The van der Waals surface area contributed by atoms with Gasteiger partial charge in [0.05, 0.1) is 23.0 Å². The topological polar surface area (TPSA) is 149 Å². The maximum absolute atomic E-state index is 10.4. The van der Waals surface area contributed by atoms with Crippen molar-refractivity contribution in [2.75, 3.05) is 0 Å². The number of ketones is 4. The maximum atomic E-state index is 10.4. The Bertz CT molecular complexity index is 660. The number of hydrogen-bond acceptors (Lipinski definition) is 8. The molecule has 0 amide bonds. The number of allylic oxidation sites excluding steroid dienone is 8. The van der Waals surface area contributed by atoms with Gasteiger partial charge in [-0.15, -0.1) is 0 Å². The summed E-state index contributed by atoms with van der Waals surface area (Å²) < 4.78 is 0. The molecule has 0 atom stereocenters. The van der Waals surface area contributed by atoms with E-state index in [0.717, 1.165) is 0 Å². The summed E-state index contributed by atoms with van der Waals surface area (Å²) in [6.07, 6.45) is 0. The Kier molecular flexibility index (Phi) is 26.8. The van der Waals surface area contributed by atoms with Crippen LogP contribution < -0.4 is 0 Å². The second-order valence-electron chi connectivity index (χ2n) is 7.07. The van der Waals surface area contributed by atoms with Gasteiger partial charge in [0.2, 0.25) is 0 Å². The molecule has 0 saturated heterocycles. The third-order valence-corrected chi connectivity index (χ3v) is 4.28. The van der Waals surface area contributed by atoms with Crippen molar-refractivity contribution in [2.45, 2.75) is 83.1 Å². The predicted molar refractivity (Wildman–Crippen MR) is 127 cm³/mol. The van der Waals surface area contributed by atoms with Gasteiger partial charge in [-0.05, 0) is 83.1 Å². The van der Waals surface area contributed by atoms with Crippen molar-refractivity contribution in [3.63, 3.8) is 0 Å². The van der Waals surface area contributed by atoms with E-state index in [1.54, 1.807) is 27.7 Å². The molecule has 0 rings (SSSR count). The Morgan fingerprint density at radius 2 is 0.424 bits per heavy atom. The Balaban J connectivity index is -0.000000105. The number of hydrogen-bond donors (Lipinski definition) is 4.